The van der Waals surface area contributed by atoms with Crippen molar-refractivity contribution in [3.05, 3.63) is 0 Å². The Balaban J connectivity index is 2.15. The van der Waals surface area contributed by atoms with E-state index in [1.54, 1.807) is 11.9 Å². The Labute approximate surface area is 104 Å². The predicted octanol–water partition coefficient (Wildman–Crippen LogP) is 1.24. The molecule has 17 heavy (non-hydrogen) atoms. The zero-order valence-corrected chi connectivity index (χ0v) is 11.3. The standard InChI is InChI=1S/C13H26N2O2/c1-4-10(2)12(14)13(16)15(3)7-8-17-9-11-5-6-11/h10-12H,4-9,14H2,1-3H3/t10?,12-/m0/s1. The molecule has 1 amide bonds. The summed E-state index contributed by atoms with van der Waals surface area (Å²) in [4.78, 5) is 13.6. The van der Waals surface area contributed by atoms with E-state index < -0.39 is 0 Å². The van der Waals surface area contributed by atoms with Crippen molar-refractivity contribution in [1.82, 2.24) is 4.90 Å². The lowest BCUT2D eigenvalue weighted by Crippen LogP contribution is -2.46. The first-order valence-electron chi connectivity index (χ1n) is 6.64. The van der Waals surface area contributed by atoms with Crippen LogP contribution in [0.5, 0.6) is 0 Å². The van der Waals surface area contributed by atoms with Crippen molar-refractivity contribution in [2.24, 2.45) is 17.6 Å². The van der Waals surface area contributed by atoms with E-state index in [9.17, 15) is 4.79 Å². The number of rotatable bonds is 8. The highest BCUT2D eigenvalue weighted by Gasteiger charge is 2.23. The average molecular weight is 242 g/mol. The molecule has 4 nitrogen and oxygen atoms in total. The fourth-order valence-corrected chi connectivity index (χ4v) is 1.60. The second-order valence-corrected chi connectivity index (χ2v) is 5.19. The predicted molar refractivity (Wildman–Crippen MR) is 68.6 cm³/mol. The Hall–Kier alpha value is -0.610. The monoisotopic (exact) mass is 242 g/mol. The maximum atomic E-state index is 11.9. The van der Waals surface area contributed by atoms with Crippen LogP contribution in [0.15, 0.2) is 0 Å². The molecule has 0 heterocycles. The summed E-state index contributed by atoms with van der Waals surface area (Å²) in [6, 6.07) is -0.381. The van der Waals surface area contributed by atoms with E-state index in [4.69, 9.17) is 10.5 Å². The summed E-state index contributed by atoms with van der Waals surface area (Å²) in [7, 11) is 1.80. The first-order valence-corrected chi connectivity index (χ1v) is 6.64. The highest BCUT2D eigenvalue weighted by molar-refractivity contribution is 5.81. The molecule has 1 aliphatic carbocycles. The third kappa shape index (κ3) is 5.04. The molecule has 2 atom stereocenters. The summed E-state index contributed by atoms with van der Waals surface area (Å²) in [6.45, 7) is 6.16. The Morgan fingerprint density at radius 3 is 2.71 bits per heavy atom. The SMILES string of the molecule is CCC(C)[C@H](N)C(=O)N(C)CCOCC1CC1. The van der Waals surface area contributed by atoms with E-state index in [1.165, 1.54) is 12.8 Å². The van der Waals surface area contributed by atoms with Crippen molar-refractivity contribution in [2.45, 2.75) is 39.2 Å². The minimum absolute atomic E-state index is 0.0226. The second kappa shape index (κ2) is 6.97. The number of ether oxygens (including phenoxy) is 1. The Bertz CT molecular complexity index is 242. The number of amides is 1. The minimum atomic E-state index is -0.381. The fraction of sp³-hybridized carbons (Fsp3) is 0.923. The molecule has 0 bridgehead atoms. The van der Waals surface area contributed by atoms with Gasteiger partial charge >= 0.3 is 0 Å². The molecule has 0 radical (unpaired) electrons. The minimum Gasteiger partial charge on any atom is -0.379 e. The van der Waals surface area contributed by atoms with Crippen molar-refractivity contribution < 1.29 is 9.53 Å². The first kappa shape index (κ1) is 14.5. The van der Waals surface area contributed by atoms with Gasteiger partial charge in [0.1, 0.15) is 0 Å². The number of hydrogen-bond donors (Lipinski definition) is 1. The first-order chi connectivity index (χ1) is 8.06. The van der Waals surface area contributed by atoms with Crippen molar-refractivity contribution in [2.75, 3.05) is 26.8 Å². The highest BCUT2D eigenvalue weighted by Crippen LogP contribution is 2.28. The van der Waals surface area contributed by atoms with Crippen LogP contribution in [0.4, 0.5) is 0 Å². The highest BCUT2D eigenvalue weighted by atomic mass is 16.5. The summed E-state index contributed by atoms with van der Waals surface area (Å²) in [5.41, 5.74) is 5.90. The van der Waals surface area contributed by atoms with Crippen LogP contribution in [0.3, 0.4) is 0 Å². The van der Waals surface area contributed by atoms with E-state index >= 15 is 0 Å². The normalized spacial score (nSPS) is 18.8. The van der Waals surface area contributed by atoms with Gasteiger partial charge in [-0.05, 0) is 24.7 Å². The van der Waals surface area contributed by atoms with Gasteiger partial charge in [0.2, 0.25) is 5.91 Å². The molecule has 0 saturated heterocycles. The average Bonchev–Trinajstić information content (AvgIpc) is 3.15. The molecule has 0 aliphatic heterocycles. The summed E-state index contributed by atoms with van der Waals surface area (Å²) in [5, 5.41) is 0. The van der Waals surface area contributed by atoms with Gasteiger partial charge in [-0.15, -0.1) is 0 Å². The molecular weight excluding hydrogens is 216 g/mol. The lowest BCUT2D eigenvalue weighted by atomic mass is 9.99. The van der Waals surface area contributed by atoms with Gasteiger partial charge in [0.05, 0.1) is 12.6 Å². The zero-order chi connectivity index (χ0) is 12.8. The molecular formula is C13H26N2O2. The van der Waals surface area contributed by atoms with Gasteiger partial charge in [-0.25, -0.2) is 0 Å². The van der Waals surface area contributed by atoms with E-state index in [2.05, 4.69) is 6.92 Å². The molecule has 4 heteroatoms. The molecule has 2 N–H and O–H groups in total. The van der Waals surface area contributed by atoms with E-state index in [1.807, 2.05) is 6.92 Å². The largest absolute Gasteiger partial charge is 0.379 e. The van der Waals surface area contributed by atoms with Gasteiger partial charge < -0.3 is 15.4 Å². The Morgan fingerprint density at radius 1 is 1.53 bits per heavy atom. The molecule has 1 rings (SSSR count). The number of carbonyl (C=O) groups excluding carboxylic acids is 1. The fourth-order valence-electron chi connectivity index (χ4n) is 1.60. The molecule has 0 aromatic rings. The van der Waals surface area contributed by atoms with Crippen LogP contribution in [0.2, 0.25) is 0 Å². The third-order valence-corrected chi connectivity index (χ3v) is 3.54. The summed E-state index contributed by atoms with van der Waals surface area (Å²) >= 11 is 0. The Morgan fingerprint density at radius 2 is 2.18 bits per heavy atom. The van der Waals surface area contributed by atoms with Gasteiger partial charge in [-0.1, -0.05) is 20.3 Å². The topological polar surface area (TPSA) is 55.6 Å². The summed E-state index contributed by atoms with van der Waals surface area (Å²) < 4.78 is 5.51. The Kier molecular flexibility index (Phi) is 5.92. The smallest absolute Gasteiger partial charge is 0.239 e. The van der Waals surface area contributed by atoms with Crippen molar-refractivity contribution in [3.8, 4) is 0 Å². The van der Waals surface area contributed by atoms with Crippen LogP contribution in [0, 0.1) is 11.8 Å². The third-order valence-electron chi connectivity index (χ3n) is 3.54. The maximum Gasteiger partial charge on any atom is 0.239 e. The summed E-state index contributed by atoms with van der Waals surface area (Å²) in [5.74, 6) is 1.03. The molecule has 0 spiro atoms. The number of hydrogen-bond acceptors (Lipinski definition) is 3. The number of likely N-dealkylation sites (N-methyl/N-ethyl adjacent to an activating group) is 1. The van der Waals surface area contributed by atoms with Crippen LogP contribution in [-0.2, 0) is 9.53 Å². The molecule has 1 saturated carbocycles. The van der Waals surface area contributed by atoms with Crippen LogP contribution in [-0.4, -0.2) is 43.7 Å². The van der Waals surface area contributed by atoms with Crippen LogP contribution >= 0.6 is 0 Å². The van der Waals surface area contributed by atoms with Gasteiger partial charge in [0.15, 0.2) is 0 Å². The molecule has 1 fully saturated rings. The summed E-state index contributed by atoms with van der Waals surface area (Å²) in [6.07, 6.45) is 3.53. The quantitative estimate of drug-likeness (QED) is 0.652. The van der Waals surface area contributed by atoms with Crippen LogP contribution < -0.4 is 5.73 Å². The van der Waals surface area contributed by atoms with Gasteiger partial charge in [0, 0.05) is 20.2 Å². The lowest BCUT2D eigenvalue weighted by Gasteiger charge is -2.24. The number of carbonyl (C=O) groups is 1. The lowest BCUT2D eigenvalue weighted by molar-refractivity contribution is -0.133. The van der Waals surface area contributed by atoms with E-state index in [-0.39, 0.29) is 17.9 Å². The van der Waals surface area contributed by atoms with Crippen molar-refractivity contribution >= 4 is 5.91 Å². The maximum absolute atomic E-state index is 11.9. The number of nitrogens with zero attached hydrogens (tertiary/aromatic N) is 1. The van der Waals surface area contributed by atoms with Crippen LogP contribution in [0.1, 0.15) is 33.1 Å². The molecule has 1 unspecified atom stereocenters. The van der Waals surface area contributed by atoms with Crippen LogP contribution in [0.25, 0.3) is 0 Å². The molecule has 0 aromatic carbocycles. The van der Waals surface area contributed by atoms with Crippen molar-refractivity contribution in [3.63, 3.8) is 0 Å². The van der Waals surface area contributed by atoms with Crippen molar-refractivity contribution in [1.29, 1.82) is 0 Å². The van der Waals surface area contributed by atoms with Gasteiger partial charge in [-0.2, -0.15) is 0 Å². The van der Waals surface area contributed by atoms with E-state index in [0.717, 1.165) is 18.9 Å². The second-order valence-electron chi connectivity index (χ2n) is 5.19. The molecule has 1 aliphatic rings. The molecule has 100 valence electrons. The number of nitrogens with two attached hydrogens (primary N) is 1. The van der Waals surface area contributed by atoms with Gasteiger partial charge in [-0.3, -0.25) is 4.79 Å². The van der Waals surface area contributed by atoms with Gasteiger partial charge in [0.25, 0.3) is 0 Å². The molecule has 0 aromatic heterocycles. The van der Waals surface area contributed by atoms with E-state index in [0.29, 0.717) is 13.2 Å². The zero-order valence-electron chi connectivity index (χ0n) is 11.3.